The number of rotatable bonds is 6. The summed E-state index contributed by atoms with van der Waals surface area (Å²) in [5, 5.41) is 3.05. The number of hydrogen-bond acceptors (Lipinski definition) is 3. The van der Waals surface area contributed by atoms with Crippen LogP contribution in [0.5, 0.6) is 0 Å². The lowest BCUT2D eigenvalue weighted by Crippen LogP contribution is -2.28. The van der Waals surface area contributed by atoms with Crippen LogP contribution in [0.25, 0.3) is 0 Å². The van der Waals surface area contributed by atoms with Crippen molar-refractivity contribution in [3.63, 3.8) is 0 Å². The van der Waals surface area contributed by atoms with Crippen LogP contribution in [0.4, 0.5) is 10.2 Å². The van der Waals surface area contributed by atoms with Gasteiger partial charge in [-0.05, 0) is 26.0 Å². The van der Waals surface area contributed by atoms with Crippen LogP contribution in [-0.4, -0.2) is 24.6 Å². The Labute approximate surface area is 101 Å². The van der Waals surface area contributed by atoms with Crippen LogP contribution < -0.4 is 10.2 Å². The quantitative estimate of drug-likeness (QED) is 0.765. The fraction of sp³-hybridized carbons (Fsp3) is 0.462. The fourth-order valence-corrected chi connectivity index (χ4v) is 1.99. The van der Waals surface area contributed by atoms with Crippen LogP contribution in [0.3, 0.4) is 0 Å². The summed E-state index contributed by atoms with van der Waals surface area (Å²) in [7, 11) is 1.85. The Kier molecular flexibility index (Phi) is 3.74. The highest BCUT2D eigenvalue weighted by Gasteiger charge is 2.30. The van der Waals surface area contributed by atoms with Gasteiger partial charge in [-0.1, -0.05) is 6.08 Å². The lowest BCUT2D eigenvalue weighted by molar-refractivity contribution is 0.615. The first-order valence-electron chi connectivity index (χ1n) is 5.92. The highest BCUT2D eigenvalue weighted by molar-refractivity contribution is 5.49. The maximum Gasteiger partial charge on any atom is 0.141 e. The molecule has 4 heteroatoms. The van der Waals surface area contributed by atoms with E-state index in [9.17, 15) is 4.39 Å². The summed E-state index contributed by atoms with van der Waals surface area (Å²) in [6, 6.07) is 2.10. The molecule has 1 heterocycles. The highest BCUT2D eigenvalue weighted by atomic mass is 19.1. The van der Waals surface area contributed by atoms with E-state index in [1.165, 1.54) is 19.0 Å². The number of nitrogens with zero attached hydrogens (tertiary/aromatic N) is 2. The minimum atomic E-state index is -0.284. The molecule has 0 amide bonds. The van der Waals surface area contributed by atoms with Gasteiger partial charge in [0.05, 0.1) is 6.20 Å². The minimum absolute atomic E-state index is 0.284. The first kappa shape index (κ1) is 12.0. The zero-order valence-electron chi connectivity index (χ0n) is 10.1. The van der Waals surface area contributed by atoms with E-state index < -0.39 is 0 Å². The second kappa shape index (κ2) is 5.27. The molecule has 1 aliphatic rings. The van der Waals surface area contributed by atoms with Crippen LogP contribution in [-0.2, 0) is 6.54 Å². The van der Waals surface area contributed by atoms with Gasteiger partial charge in [0, 0.05) is 24.7 Å². The molecule has 0 atom stereocenters. The van der Waals surface area contributed by atoms with E-state index in [0.717, 1.165) is 17.9 Å². The van der Waals surface area contributed by atoms with Crippen molar-refractivity contribution in [1.82, 2.24) is 10.3 Å². The van der Waals surface area contributed by atoms with E-state index >= 15 is 0 Å². The van der Waals surface area contributed by atoms with Gasteiger partial charge in [-0.2, -0.15) is 0 Å². The van der Waals surface area contributed by atoms with Crippen molar-refractivity contribution in [1.29, 1.82) is 0 Å². The van der Waals surface area contributed by atoms with Crippen LogP contribution in [0.1, 0.15) is 18.4 Å². The predicted octanol–water partition coefficient (Wildman–Crippen LogP) is 2.09. The standard InChI is InChI=1S/C13H18FN3/c1-3-6-17(12-4-5-12)13-10(8-15-2)7-11(14)9-16-13/h3,7,9,12,15H,1,4-6,8H2,2H3. The van der Waals surface area contributed by atoms with E-state index in [2.05, 4.69) is 21.8 Å². The molecule has 0 saturated heterocycles. The molecule has 1 fully saturated rings. The summed E-state index contributed by atoms with van der Waals surface area (Å²) in [6.07, 6.45) is 5.53. The summed E-state index contributed by atoms with van der Waals surface area (Å²) in [5.41, 5.74) is 0.904. The molecule has 0 spiro atoms. The molecule has 0 unspecified atom stereocenters. The Morgan fingerprint density at radius 2 is 2.41 bits per heavy atom. The van der Waals surface area contributed by atoms with Crippen molar-refractivity contribution >= 4 is 5.82 Å². The molecular formula is C13H18FN3. The van der Waals surface area contributed by atoms with Gasteiger partial charge in [0.2, 0.25) is 0 Å². The van der Waals surface area contributed by atoms with Crippen LogP contribution in [0.2, 0.25) is 0 Å². The van der Waals surface area contributed by atoms with E-state index in [1.807, 2.05) is 13.1 Å². The maximum absolute atomic E-state index is 13.2. The summed E-state index contributed by atoms with van der Waals surface area (Å²) in [5.74, 6) is 0.594. The smallest absolute Gasteiger partial charge is 0.141 e. The molecule has 0 aliphatic heterocycles. The van der Waals surface area contributed by atoms with E-state index in [-0.39, 0.29) is 5.82 Å². The number of nitrogens with one attached hydrogen (secondary N) is 1. The van der Waals surface area contributed by atoms with Gasteiger partial charge in [-0.25, -0.2) is 9.37 Å². The Morgan fingerprint density at radius 1 is 1.65 bits per heavy atom. The Morgan fingerprint density at radius 3 is 3.00 bits per heavy atom. The Balaban J connectivity index is 2.30. The molecule has 0 radical (unpaired) electrons. The molecule has 92 valence electrons. The first-order valence-corrected chi connectivity index (χ1v) is 5.92. The van der Waals surface area contributed by atoms with Gasteiger partial charge in [0.1, 0.15) is 11.6 Å². The minimum Gasteiger partial charge on any atom is -0.350 e. The van der Waals surface area contributed by atoms with Gasteiger partial charge in [-0.3, -0.25) is 0 Å². The zero-order chi connectivity index (χ0) is 12.3. The summed E-state index contributed by atoms with van der Waals surface area (Å²) in [4.78, 5) is 6.45. The number of hydrogen-bond donors (Lipinski definition) is 1. The molecule has 1 N–H and O–H groups in total. The summed E-state index contributed by atoms with van der Waals surface area (Å²) >= 11 is 0. The number of anilines is 1. The van der Waals surface area contributed by atoms with E-state index in [1.54, 1.807) is 6.07 Å². The van der Waals surface area contributed by atoms with Crippen molar-refractivity contribution in [2.75, 3.05) is 18.5 Å². The van der Waals surface area contributed by atoms with Gasteiger partial charge in [0.25, 0.3) is 0 Å². The molecule has 1 aromatic rings. The predicted molar refractivity (Wildman–Crippen MR) is 67.5 cm³/mol. The van der Waals surface area contributed by atoms with Crippen molar-refractivity contribution in [3.8, 4) is 0 Å². The number of aromatic nitrogens is 1. The first-order chi connectivity index (χ1) is 8.26. The molecule has 1 saturated carbocycles. The summed E-state index contributed by atoms with van der Waals surface area (Å²) < 4.78 is 13.2. The molecular weight excluding hydrogens is 217 g/mol. The highest BCUT2D eigenvalue weighted by Crippen LogP contribution is 2.32. The third-order valence-corrected chi connectivity index (χ3v) is 2.86. The van der Waals surface area contributed by atoms with Gasteiger partial charge < -0.3 is 10.2 Å². The van der Waals surface area contributed by atoms with Gasteiger partial charge >= 0.3 is 0 Å². The van der Waals surface area contributed by atoms with Crippen molar-refractivity contribution in [2.45, 2.75) is 25.4 Å². The van der Waals surface area contributed by atoms with Gasteiger partial charge in [0.15, 0.2) is 0 Å². The van der Waals surface area contributed by atoms with Gasteiger partial charge in [-0.15, -0.1) is 6.58 Å². The largest absolute Gasteiger partial charge is 0.350 e. The van der Waals surface area contributed by atoms with Crippen LogP contribution in [0.15, 0.2) is 24.9 Å². The van der Waals surface area contributed by atoms with Crippen LogP contribution >= 0.6 is 0 Å². The van der Waals surface area contributed by atoms with Crippen molar-refractivity contribution < 1.29 is 4.39 Å². The monoisotopic (exact) mass is 235 g/mol. The Bertz CT molecular complexity index is 402. The van der Waals surface area contributed by atoms with Crippen molar-refractivity contribution in [3.05, 3.63) is 36.3 Å². The topological polar surface area (TPSA) is 28.2 Å². The molecule has 3 nitrogen and oxygen atoms in total. The molecule has 1 aliphatic carbocycles. The average Bonchev–Trinajstić information content (AvgIpc) is 3.11. The second-order valence-corrected chi connectivity index (χ2v) is 4.34. The molecule has 0 aromatic carbocycles. The normalized spacial score (nSPS) is 14.7. The average molecular weight is 235 g/mol. The number of halogens is 1. The molecule has 0 bridgehead atoms. The zero-order valence-corrected chi connectivity index (χ0v) is 10.1. The maximum atomic E-state index is 13.2. The van der Waals surface area contributed by atoms with E-state index in [4.69, 9.17) is 0 Å². The molecule has 1 aromatic heterocycles. The third-order valence-electron chi connectivity index (χ3n) is 2.86. The Hall–Kier alpha value is -1.42. The second-order valence-electron chi connectivity index (χ2n) is 4.34. The van der Waals surface area contributed by atoms with Crippen molar-refractivity contribution in [2.24, 2.45) is 0 Å². The lowest BCUT2D eigenvalue weighted by Gasteiger charge is -2.24. The summed E-state index contributed by atoms with van der Waals surface area (Å²) in [6.45, 7) is 5.16. The van der Waals surface area contributed by atoms with E-state index in [0.29, 0.717) is 12.6 Å². The van der Waals surface area contributed by atoms with Crippen LogP contribution in [0, 0.1) is 5.82 Å². The third kappa shape index (κ3) is 2.82. The lowest BCUT2D eigenvalue weighted by atomic mass is 10.2. The molecule has 17 heavy (non-hydrogen) atoms. The fourth-order valence-electron chi connectivity index (χ4n) is 1.99. The molecule has 2 rings (SSSR count). The SMILES string of the molecule is C=CCN(c1ncc(F)cc1CNC)C1CC1. The number of pyridine rings is 1.